The van der Waals surface area contributed by atoms with Crippen molar-refractivity contribution >= 4 is 5.95 Å². The third kappa shape index (κ3) is 6.74. The fraction of sp³-hybridized carbons (Fsp3) is 0.448. The zero-order valence-electron chi connectivity index (χ0n) is 21.0. The van der Waals surface area contributed by atoms with E-state index in [2.05, 4.69) is 62.6 Å². The maximum absolute atomic E-state index is 12.7. The Kier molecular flexibility index (Phi) is 8.31. The number of piperidine rings is 1. The molecule has 3 aromatic rings. The third-order valence-corrected chi connectivity index (χ3v) is 7.03. The molecule has 0 spiro atoms. The lowest BCUT2D eigenvalue weighted by atomic mass is 10.1. The van der Waals surface area contributed by atoms with Gasteiger partial charge in [-0.3, -0.25) is 19.6 Å². The second-order valence-corrected chi connectivity index (χ2v) is 9.90. The molecule has 0 saturated carbocycles. The van der Waals surface area contributed by atoms with Crippen molar-refractivity contribution < 1.29 is 4.74 Å². The van der Waals surface area contributed by atoms with Gasteiger partial charge in [-0.25, -0.2) is 4.98 Å². The van der Waals surface area contributed by atoms with E-state index in [1.54, 1.807) is 0 Å². The molecule has 2 aromatic carbocycles. The van der Waals surface area contributed by atoms with Gasteiger partial charge in [0.15, 0.2) is 0 Å². The van der Waals surface area contributed by atoms with Crippen LogP contribution in [0, 0.1) is 0 Å². The number of anilines is 1. The van der Waals surface area contributed by atoms with Crippen molar-refractivity contribution in [2.75, 3.05) is 38.1 Å². The molecule has 2 N–H and O–H groups in total. The molecule has 0 aliphatic carbocycles. The van der Waals surface area contributed by atoms with Gasteiger partial charge in [-0.2, -0.15) is 0 Å². The summed E-state index contributed by atoms with van der Waals surface area (Å²) in [6.07, 6.45) is 5.58. The van der Waals surface area contributed by atoms with Crippen molar-refractivity contribution in [2.24, 2.45) is 0 Å². The van der Waals surface area contributed by atoms with Crippen LogP contribution in [0.15, 0.2) is 59.4 Å². The van der Waals surface area contributed by atoms with Crippen molar-refractivity contribution in [2.45, 2.75) is 51.7 Å². The third-order valence-electron chi connectivity index (χ3n) is 7.03. The van der Waals surface area contributed by atoms with Gasteiger partial charge in [0, 0.05) is 39.1 Å². The molecule has 36 heavy (non-hydrogen) atoms. The molecular weight excluding hydrogens is 450 g/mol. The number of benzene rings is 2. The number of nitrogens with one attached hydrogen (secondary N) is 2. The number of rotatable bonds is 10. The fourth-order valence-electron chi connectivity index (χ4n) is 5.12. The van der Waals surface area contributed by atoms with E-state index in [1.807, 2.05) is 12.1 Å². The van der Waals surface area contributed by atoms with E-state index in [-0.39, 0.29) is 5.56 Å². The van der Waals surface area contributed by atoms with Crippen molar-refractivity contribution in [3.05, 3.63) is 87.3 Å². The number of fused-ring (bicyclic) bond motifs is 1. The van der Waals surface area contributed by atoms with Gasteiger partial charge < -0.3 is 10.1 Å². The summed E-state index contributed by atoms with van der Waals surface area (Å²) in [7, 11) is 0. The Balaban J connectivity index is 1.07. The number of hydrogen-bond donors (Lipinski definition) is 2. The van der Waals surface area contributed by atoms with Crippen LogP contribution in [0.1, 0.15) is 48.1 Å². The van der Waals surface area contributed by atoms with Crippen molar-refractivity contribution in [3.8, 4) is 5.75 Å². The lowest BCUT2D eigenvalue weighted by molar-refractivity contribution is 0.220. The van der Waals surface area contributed by atoms with Gasteiger partial charge in [0.1, 0.15) is 5.75 Å². The average molecular weight is 488 g/mol. The maximum atomic E-state index is 12.7. The molecule has 2 aliphatic heterocycles. The Labute approximate surface area is 213 Å². The maximum Gasteiger partial charge on any atom is 0.257 e. The summed E-state index contributed by atoms with van der Waals surface area (Å²) < 4.78 is 5.99. The smallest absolute Gasteiger partial charge is 0.257 e. The molecule has 190 valence electrons. The van der Waals surface area contributed by atoms with E-state index < -0.39 is 0 Å². The van der Waals surface area contributed by atoms with Crippen molar-refractivity contribution in [1.82, 2.24) is 19.8 Å². The van der Waals surface area contributed by atoms with Crippen molar-refractivity contribution in [1.29, 1.82) is 0 Å². The van der Waals surface area contributed by atoms with Gasteiger partial charge in [0.2, 0.25) is 5.95 Å². The molecule has 0 unspecified atom stereocenters. The predicted octanol–water partition coefficient (Wildman–Crippen LogP) is 4.20. The first-order valence-corrected chi connectivity index (χ1v) is 13.3. The normalized spacial score (nSPS) is 16.4. The Morgan fingerprint density at radius 2 is 1.72 bits per heavy atom. The topological polar surface area (TPSA) is 73.5 Å². The van der Waals surface area contributed by atoms with E-state index >= 15 is 0 Å². The molecule has 0 bridgehead atoms. The van der Waals surface area contributed by atoms with Gasteiger partial charge in [-0.15, -0.1) is 0 Å². The van der Waals surface area contributed by atoms with Gasteiger partial charge in [-0.1, -0.05) is 48.9 Å². The van der Waals surface area contributed by atoms with E-state index in [1.165, 1.54) is 43.5 Å². The molecule has 1 fully saturated rings. The molecule has 5 rings (SSSR count). The molecule has 3 heterocycles. The van der Waals surface area contributed by atoms with E-state index in [0.717, 1.165) is 49.5 Å². The summed E-state index contributed by atoms with van der Waals surface area (Å²) in [5.41, 5.74) is 4.23. The molecule has 2 aliphatic rings. The van der Waals surface area contributed by atoms with Crippen LogP contribution in [0.3, 0.4) is 0 Å². The predicted molar refractivity (Wildman–Crippen MR) is 143 cm³/mol. The van der Waals surface area contributed by atoms with Crippen LogP contribution >= 0.6 is 0 Å². The highest BCUT2D eigenvalue weighted by Gasteiger charge is 2.21. The zero-order valence-corrected chi connectivity index (χ0v) is 21.0. The molecule has 0 atom stereocenters. The van der Waals surface area contributed by atoms with Gasteiger partial charge in [-0.05, 0) is 55.6 Å². The highest BCUT2D eigenvalue weighted by molar-refractivity contribution is 5.31. The summed E-state index contributed by atoms with van der Waals surface area (Å²) >= 11 is 0. The Hall–Kier alpha value is -3.16. The van der Waals surface area contributed by atoms with Gasteiger partial charge in [0.25, 0.3) is 5.56 Å². The Morgan fingerprint density at radius 3 is 2.58 bits per heavy atom. The number of likely N-dealkylation sites (tertiary alicyclic amines) is 1. The lowest BCUT2D eigenvalue weighted by Gasteiger charge is -2.27. The number of H-pyrrole nitrogens is 1. The summed E-state index contributed by atoms with van der Waals surface area (Å²) in [4.78, 5) is 25.2. The van der Waals surface area contributed by atoms with Gasteiger partial charge >= 0.3 is 0 Å². The minimum absolute atomic E-state index is 0.0398. The first-order valence-electron chi connectivity index (χ1n) is 13.3. The van der Waals surface area contributed by atoms with E-state index in [9.17, 15) is 4.79 Å². The SMILES string of the molecule is O=c1[nH]c(NCCCOc2cccc(CN3CCCCC3)c2)nc2c1CN(Cc1ccccc1)CC2. The molecular formula is C29H37N5O2. The monoisotopic (exact) mass is 487 g/mol. The molecule has 1 aromatic heterocycles. The first-order chi connectivity index (χ1) is 17.7. The Morgan fingerprint density at radius 1 is 0.917 bits per heavy atom. The fourth-order valence-corrected chi connectivity index (χ4v) is 5.12. The van der Waals surface area contributed by atoms with E-state index in [4.69, 9.17) is 9.72 Å². The van der Waals surface area contributed by atoms with Crippen LogP contribution in [-0.2, 0) is 26.1 Å². The second kappa shape index (κ2) is 12.2. The number of aromatic amines is 1. The highest BCUT2D eigenvalue weighted by Crippen LogP contribution is 2.19. The number of aromatic nitrogens is 2. The largest absolute Gasteiger partial charge is 0.494 e. The standard InChI is InChI=1S/C29H37N5O2/c35-28-26-22-34(20-23-9-3-1-4-10-23)17-13-27(26)31-29(32-28)30-14-8-18-36-25-12-7-11-24(19-25)21-33-15-5-2-6-16-33/h1,3-4,7,9-12,19H,2,5-6,8,13-18,20-22H2,(H2,30,31,32,35). The minimum atomic E-state index is -0.0398. The van der Waals surface area contributed by atoms with Crippen molar-refractivity contribution in [3.63, 3.8) is 0 Å². The summed E-state index contributed by atoms with van der Waals surface area (Å²) in [5, 5.41) is 3.27. The Bertz CT molecular complexity index is 1170. The van der Waals surface area contributed by atoms with Crippen LogP contribution in [0.25, 0.3) is 0 Å². The molecule has 1 saturated heterocycles. The average Bonchev–Trinajstić information content (AvgIpc) is 2.90. The first kappa shape index (κ1) is 24.5. The molecule has 0 amide bonds. The van der Waals surface area contributed by atoms with Crippen LogP contribution in [0.5, 0.6) is 5.75 Å². The molecule has 7 nitrogen and oxygen atoms in total. The van der Waals surface area contributed by atoms with Crippen LogP contribution < -0.4 is 15.6 Å². The highest BCUT2D eigenvalue weighted by atomic mass is 16.5. The molecule has 0 radical (unpaired) electrons. The summed E-state index contributed by atoms with van der Waals surface area (Å²) in [6.45, 7) is 7.09. The minimum Gasteiger partial charge on any atom is -0.494 e. The number of nitrogens with zero attached hydrogens (tertiary/aromatic N) is 3. The number of ether oxygens (including phenoxy) is 1. The van der Waals surface area contributed by atoms with E-state index in [0.29, 0.717) is 25.6 Å². The van der Waals surface area contributed by atoms with Crippen LogP contribution in [-0.4, -0.2) is 52.6 Å². The van der Waals surface area contributed by atoms with Gasteiger partial charge in [0.05, 0.1) is 17.9 Å². The molecule has 7 heteroatoms. The second-order valence-electron chi connectivity index (χ2n) is 9.90. The zero-order chi connectivity index (χ0) is 24.6. The van der Waals surface area contributed by atoms with Crippen LogP contribution in [0.2, 0.25) is 0 Å². The number of hydrogen-bond acceptors (Lipinski definition) is 6. The quantitative estimate of drug-likeness (QED) is 0.418. The summed E-state index contributed by atoms with van der Waals surface area (Å²) in [5.74, 6) is 1.48. The van der Waals surface area contributed by atoms with Crippen LogP contribution in [0.4, 0.5) is 5.95 Å². The lowest BCUT2D eigenvalue weighted by Crippen LogP contribution is -2.35. The summed E-state index contributed by atoms with van der Waals surface area (Å²) in [6, 6.07) is 18.8.